The molecule has 0 atom stereocenters. The van der Waals surface area contributed by atoms with E-state index >= 15 is 0 Å². The Morgan fingerprint density at radius 2 is 1.50 bits per heavy atom. The summed E-state index contributed by atoms with van der Waals surface area (Å²) in [5.41, 5.74) is 0.108. The summed E-state index contributed by atoms with van der Waals surface area (Å²) < 4.78 is 41.9. The Morgan fingerprint density at radius 3 is 2.07 bits per heavy atom. The first-order valence-electron chi connectivity index (χ1n) is 9.69. The summed E-state index contributed by atoms with van der Waals surface area (Å²) in [6.07, 6.45) is -4.44. The van der Waals surface area contributed by atoms with E-state index in [4.69, 9.17) is 0 Å². The predicted octanol–water partition coefficient (Wildman–Crippen LogP) is 4.03. The molecule has 1 aliphatic rings. The zero-order valence-corrected chi connectivity index (χ0v) is 16.2. The predicted molar refractivity (Wildman–Crippen MR) is 108 cm³/mol. The number of anilines is 1. The average molecular weight is 414 g/mol. The zero-order chi connectivity index (χ0) is 21.1. The van der Waals surface area contributed by atoms with Gasteiger partial charge in [0.1, 0.15) is 5.82 Å². The minimum Gasteiger partial charge on any atom is -0.353 e. The first-order chi connectivity index (χ1) is 14.5. The first kappa shape index (κ1) is 20.2. The van der Waals surface area contributed by atoms with Crippen molar-refractivity contribution in [2.24, 2.45) is 0 Å². The van der Waals surface area contributed by atoms with Crippen LogP contribution in [-0.2, 0) is 12.7 Å². The van der Waals surface area contributed by atoms with Crippen molar-refractivity contribution >= 4 is 12.1 Å². The van der Waals surface area contributed by atoms with Gasteiger partial charge in [0.05, 0.1) is 11.3 Å². The van der Waals surface area contributed by atoms with E-state index in [-0.39, 0.29) is 12.1 Å². The van der Waals surface area contributed by atoms with Gasteiger partial charge in [0.25, 0.3) is 0 Å². The Labute approximate surface area is 172 Å². The van der Waals surface area contributed by atoms with Crippen LogP contribution in [0, 0.1) is 0 Å². The molecule has 2 aromatic carbocycles. The molecule has 8 heteroatoms. The number of hydrogen-bond acceptors (Lipinski definition) is 4. The minimum atomic E-state index is -4.71. The molecule has 1 aromatic heterocycles. The van der Waals surface area contributed by atoms with Gasteiger partial charge in [-0.3, -0.25) is 9.69 Å². The lowest BCUT2D eigenvalue weighted by atomic mass is 10.2. The number of benzene rings is 2. The number of para-hydroxylation sites is 1. The molecule has 30 heavy (non-hydrogen) atoms. The van der Waals surface area contributed by atoms with Crippen LogP contribution in [0.2, 0.25) is 0 Å². The van der Waals surface area contributed by atoms with Crippen LogP contribution >= 0.6 is 0 Å². The van der Waals surface area contributed by atoms with Gasteiger partial charge >= 0.3 is 6.18 Å². The highest BCUT2D eigenvalue weighted by atomic mass is 19.4. The Balaban J connectivity index is 1.63. The lowest BCUT2D eigenvalue weighted by Crippen LogP contribution is -2.46. The molecule has 0 aliphatic carbocycles. The number of carbonyl (C=O) groups is 1. The van der Waals surface area contributed by atoms with Crippen LogP contribution in [0.4, 0.5) is 19.0 Å². The third kappa shape index (κ3) is 4.09. The SMILES string of the molecule is O=Cc1c(C(F)(F)F)nn(-c2ccccc2)c1N1CCN(Cc2ccccc2)CC1. The molecular weight excluding hydrogens is 393 g/mol. The highest BCUT2D eigenvalue weighted by Gasteiger charge is 2.41. The number of aromatic nitrogens is 2. The summed E-state index contributed by atoms with van der Waals surface area (Å²) in [5.74, 6) is 0.197. The molecule has 1 aliphatic heterocycles. The number of hydrogen-bond donors (Lipinski definition) is 0. The fourth-order valence-electron chi connectivity index (χ4n) is 3.75. The Hall–Kier alpha value is -3.13. The molecule has 0 bridgehead atoms. The van der Waals surface area contributed by atoms with Gasteiger partial charge in [0, 0.05) is 32.7 Å². The van der Waals surface area contributed by atoms with Gasteiger partial charge in [-0.25, -0.2) is 4.68 Å². The van der Waals surface area contributed by atoms with Crippen molar-refractivity contribution < 1.29 is 18.0 Å². The number of carbonyl (C=O) groups excluding carboxylic acids is 1. The molecule has 0 saturated carbocycles. The quantitative estimate of drug-likeness (QED) is 0.592. The van der Waals surface area contributed by atoms with E-state index in [2.05, 4.69) is 22.1 Å². The Morgan fingerprint density at radius 1 is 0.900 bits per heavy atom. The number of rotatable bonds is 5. The van der Waals surface area contributed by atoms with Crippen LogP contribution in [-0.4, -0.2) is 47.1 Å². The second kappa shape index (κ2) is 8.31. The largest absolute Gasteiger partial charge is 0.435 e. The van der Waals surface area contributed by atoms with E-state index in [1.54, 1.807) is 30.3 Å². The Kier molecular flexibility index (Phi) is 5.59. The lowest BCUT2D eigenvalue weighted by molar-refractivity contribution is -0.141. The Bertz CT molecular complexity index is 994. The van der Waals surface area contributed by atoms with Crippen LogP contribution < -0.4 is 4.90 Å². The molecule has 1 fully saturated rings. The molecule has 0 radical (unpaired) electrons. The lowest BCUT2D eigenvalue weighted by Gasteiger charge is -2.36. The highest BCUT2D eigenvalue weighted by Crippen LogP contribution is 2.36. The number of nitrogens with zero attached hydrogens (tertiary/aromatic N) is 4. The molecule has 0 unspecified atom stereocenters. The van der Waals surface area contributed by atoms with Crippen molar-refractivity contribution in [2.45, 2.75) is 12.7 Å². The monoisotopic (exact) mass is 414 g/mol. The molecule has 156 valence electrons. The smallest absolute Gasteiger partial charge is 0.353 e. The maximum absolute atomic E-state index is 13.6. The van der Waals surface area contributed by atoms with Crippen LogP contribution in [0.25, 0.3) is 5.69 Å². The van der Waals surface area contributed by atoms with E-state index in [0.29, 0.717) is 31.9 Å². The maximum atomic E-state index is 13.6. The topological polar surface area (TPSA) is 41.4 Å². The van der Waals surface area contributed by atoms with E-state index in [9.17, 15) is 18.0 Å². The van der Waals surface area contributed by atoms with Gasteiger partial charge in [0.15, 0.2) is 12.0 Å². The fourth-order valence-corrected chi connectivity index (χ4v) is 3.75. The molecule has 2 heterocycles. The zero-order valence-electron chi connectivity index (χ0n) is 16.2. The summed E-state index contributed by atoms with van der Waals surface area (Å²) in [5, 5.41) is 3.79. The second-order valence-corrected chi connectivity index (χ2v) is 7.20. The number of aldehydes is 1. The standard InChI is InChI=1S/C22H21F3N4O/c23-22(24,25)20-19(16-30)21(29(26-20)18-9-5-2-6-10-18)28-13-11-27(12-14-28)15-17-7-3-1-4-8-17/h1-10,16H,11-15H2. The van der Waals surface area contributed by atoms with Crippen LogP contribution in [0.5, 0.6) is 0 Å². The third-order valence-corrected chi connectivity index (χ3v) is 5.20. The number of halogens is 3. The van der Waals surface area contributed by atoms with Crippen molar-refractivity contribution in [3.8, 4) is 5.69 Å². The van der Waals surface area contributed by atoms with E-state index < -0.39 is 17.4 Å². The summed E-state index contributed by atoms with van der Waals surface area (Å²) in [6.45, 7) is 3.14. The van der Waals surface area contributed by atoms with Gasteiger partial charge in [-0.2, -0.15) is 18.3 Å². The number of piperazine rings is 1. The van der Waals surface area contributed by atoms with Crippen molar-refractivity contribution in [3.63, 3.8) is 0 Å². The van der Waals surface area contributed by atoms with Gasteiger partial charge < -0.3 is 4.90 Å². The maximum Gasteiger partial charge on any atom is 0.435 e. The molecule has 0 N–H and O–H groups in total. The molecule has 5 nitrogen and oxygen atoms in total. The molecule has 0 spiro atoms. The van der Waals surface area contributed by atoms with Gasteiger partial charge in [-0.05, 0) is 17.7 Å². The van der Waals surface area contributed by atoms with Crippen LogP contribution in [0.1, 0.15) is 21.6 Å². The summed E-state index contributed by atoms with van der Waals surface area (Å²) in [7, 11) is 0. The van der Waals surface area contributed by atoms with Crippen molar-refractivity contribution in [3.05, 3.63) is 77.5 Å². The third-order valence-electron chi connectivity index (χ3n) is 5.20. The van der Waals surface area contributed by atoms with Gasteiger partial charge in [0.2, 0.25) is 0 Å². The van der Waals surface area contributed by atoms with Gasteiger partial charge in [-0.1, -0.05) is 48.5 Å². The number of alkyl halides is 3. The molecular formula is C22H21F3N4O. The van der Waals surface area contributed by atoms with E-state index in [1.165, 1.54) is 10.2 Å². The summed E-state index contributed by atoms with van der Waals surface area (Å²) >= 11 is 0. The summed E-state index contributed by atoms with van der Waals surface area (Å²) in [4.78, 5) is 15.8. The highest BCUT2D eigenvalue weighted by molar-refractivity contribution is 5.86. The van der Waals surface area contributed by atoms with Crippen LogP contribution in [0.3, 0.4) is 0 Å². The molecule has 4 rings (SSSR count). The van der Waals surface area contributed by atoms with Crippen molar-refractivity contribution in [1.29, 1.82) is 0 Å². The second-order valence-electron chi connectivity index (χ2n) is 7.20. The fraction of sp³-hybridized carbons (Fsp3) is 0.273. The minimum absolute atomic E-state index is 0.197. The normalized spacial score (nSPS) is 15.4. The molecule has 1 saturated heterocycles. The van der Waals surface area contributed by atoms with Gasteiger partial charge in [-0.15, -0.1) is 0 Å². The van der Waals surface area contributed by atoms with Crippen molar-refractivity contribution in [1.82, 2.24) is 14.7 Å². The van der Waals surface area contributed by atoms with E-state index in [1.807, 2.05) is 23.1 Å². The van der Waals surface area contributed by atoms with Crippen LogP contribution in [0.15, 0.2) is 60.7 Å². The molecule has 0 amide bonds. The average Bonchev–Trinajstić information content (AvgIpc) is 3.16. The molecule has 3 aromatic rings. The van der Waals surface area contributed by atoms with E-state index in [0.717, 1.165) is 6.54 Å². The summed E-state index contributed by atoms with van der Waals surface area (Å²) in [6, 6.07) is 18.6. The first-order valence-corrected chi connectivity index (χ1v) is 9.69. The van der Waals surface area contributed by atoms with Crippen molar-refractivity contribution in [2.75, 3.05) is 31.1 Å².